The summed E-state index contributed by atoms with van der Waals surface area (Å²) in [6, 6.07) is 9.64. The highest BCUT2D eigenvalue weighted by molar-refractivity contribution is 5.80. The summed E-state index contributed by atoms with van der Waals surface area (Å²) in [7, 11) is 0. The second-order valence-electron chi connectivity index (χ2n) is 9.40. The van der Waals surface area contributed by atoms with E-state index in [1.54, 1.807) is 10.6 Å². The summed E-state index contributed by atoms with van der Waals surface area (Å²) < 4.78 is 9.74. The number of ether oxygens (including phenoxy) is 1. The number of aromatic nitrogens is 3. The Morgan fingerprint density at radius 1 is 0.938 bits per heavy atom. The van der Waals surface area contributed by atoms with E-state index in [0.717, 1.165) is 29.7 Å². The minimum atomic E-state index is -0.0656. The van der Waals surface area contributed by atoms with Crippen LogP contribution in [0.2, 0.25) is 0 Å². The first-order valence-electron chi connectivity index (χ1n) is 12.3. The number of pyridine rings is 1. The summed E-state index contributed by atoms with van der Waals surface area (Å²) in [4.78, 5) is 15.3. The van der Waals surface area contributed by atoms with Gasteiger partial charge in [-0.05, 0) is 69.0 Å². The average molecular weight is 435 g/mol. The highest BCUT2D eigenvalue weighted by Crippen LogP contribution is 2.24. The molecule has 1 aliphatic carbocycles. The summed E-state index contributed by atoms with van der Waals surface area (Å²) in [5.74, 6) is 1.29. The van der Waals surface area contributed by atoms with Gasteiger partial charge >= 0.3 is 0 Å². The van der Waals surface area contributed by atoms with Crippen LogP contribution in [-0.2, 0) is 6.54 Å². The fourth-order valence-electron chi connectivity index (χ4n) is 5.15. The van der Waals surface area contributed by atoms with E-state index in [1.807, 2.05) is 30.6 Å². The second kappa shape index (κ2) is 9.90. The number of hydrogen-bond donors (Lipinski definition) is 0. The van der Waals surface area contributed by atoms with E-state index >= 15 is 0 Å². The largest absolute Gasteiger partial charge is 0.493 e. The Hall–Kier alpha value is -2.60. The molecule has 0 radical (unpaired) electrons. The molecule has 6 heteroatoms. The van der Waals surface area contributed by atoms with E-state index in [1.165, 1.54) is 64.5 Å². The van der Waals surface area contributed by atoms with Gasteiger partial charge in [0.2, 0.25) is 0 Å². The maximum atomic E-state index is 12.8. The molecule has 0 unspecified atom stereocenters. The second-order valence-corrected chi connectivity index (χ2v) is 9.40. The van der Waals surface area contributed by atoms with Crippen LogP contribution in [0.3, 0.4) is 0 Å². The van der Waals surface area contributed by atoms with Gasteiger partial charge in [0.05, 0.1) is 24.9 Å². The zero-order valence-electron chi connectivity index (χ0n) is 18.9. The predicted molar refractivity (Wildman–Crippen MR) is 128 cm³/mol. The van der Waals surface area contributed by atoms with Crippen molar-refractivity contribution >= 4 is 10.9 Å². The molecular weight excluding hydrogens is 400 g/mol. The summed E-state index contributed by atoms with van der Waals surface area (Å²) >= 11 is 0. The van der Waals surface area contributed by atoms with E-state index in [9.17, 15) is 4.79 Å². The smallest absolute Gasteiger partial charge is 0.258 e. The SMILES string of the molecule is O=c1cc(OCC2CCCCCC2)ccn1-c1ccc2c(cnn2CCN2CCCC2)c1. The lowest BCUT2D eigenvalue weighted by Gasteiger charge is -2.15. The first-order chi connectivity index (χ1) is 15.8. The third-order valence-corrected chi connectivity index (χ3v) is 7.08. The quantitative estimate of drug-likeness (QED) is 0.509. The van der Waals surface area contributed by atoms with E-state index in [-0.39, 0.29) is 5.56 Å². The van der Waals surface area contributed by atoms with E-state index in [4.69, 9.17) is 4.74 Å². The normalized spacial score (nSPS) is 18.2. The molecule has 3 aromatic rings. The minimum absolute atomic E-state index is 0.0656. The number of nitrogens with zero attached hydrogens (tertiary/aromatic N) is 4. The third-order valence-electron chi connectivity index (χ3n) is 7.08. The fourth-order valence-corrected chi connectivity index (χ4v) is 5.15. The van der Waals surface area contributed by atoms with Crippen molar-refractivity contribution in [1.82, 2.24) is 19.2 Å². The Labute approximate surface area is 189 Å². The number of likely N-dealkylation sites (tertiary alicyclic amines) is 1. The van der Waals surface area contributed by atoms with Gasteiger partial charge in [-0.2, -0.15) is 5.10 Å². The third kappa shape index (κ3) is 4.90. The highest BCUT2D eigenvalue weighted by Gasteiger charge is 2.14. The van der Waals surface area contributed by atoms with Gasteiger partial charge in [-0.15, -0.1) is 0 Å². The van der Waals surface area contributed by atoms with Crippen molar-refractivity contribution in [2.45, 2.75) is 57.9 Å². The van der Waals surface area contributed by atoms with Crippen LogP contribution in [0.1, 0.15) is 51.4 Å². The Kier molecular flexibility index (Phi) is 6.58. The van der Waals surface area contributed by atoms with E-state index in [0.29, 0.717) is 18.3 Å². The van der Waals surface area contributed by atoms with E-state index in [2.05, 4.69) is 20.7 Å². The molecule has 0 amide bonds. The highest BCUT2D eigenvalue weighted by atomic mass is 16.5. The molecule has 1 saturated carbocycles. The van der Waals surface area contributed by atoms with Gasteiger partial charge in [-0.25, -0.2) is 0 Å². The van der Waals surface area contributed by atoms with Crippen molar-refractivity contribution in [3.63, 3.8) is 0 Å². The van der Waals surface area contributed by atoms with Crippen molar-refractivity contribution in [2.75, 3.05) is 26.2 Å². The van der Waals surface area contributed by atoms with Crippen LogP contribution in [-0.4, -0.2) is 45.5 Å². The predicted octanol–water partition coefficient (Wildman–Crippen LogP) is 4.63. The minimum Gasteiger partial charge on any atom is -0.493 e. The topological polar surface area (TPSA) is 52.3 Å². The Morgan fingerprint density at radius 2 is 1.75 bits per heavy atom. The molecule has 3 heterocycles. The number of hydrogen-bond acceptors (Lipinski definition) is 4. The molecule has 1 aromatic carbocycles. The van der Waals surface area contributed by atoms with Crippen molar-refractivity contribution < 1.29 is 4.74 Å². The Balaban J connectivity index is 1.26. The molecule has 2 fully saturated rings. The first kappa shape index (κ1) is 21.3. The van der Waals surface area contributed by atoms with Crippen LogP contribution in [0.5, 0.6) is 5.75 Å². The fraction of sp³-hybridized carbons (Fsp3) is 0.538. The summed E-state index contributed by atoms with van der Waals surface area (Å²) in [6.45, 7) is 5.06. The number of benzene rings is 1. The van der Waals surface area contributed by atoms with Crippen molar-refractivity contribution in [3.05, 3.63) is 53.1 Å². The molecule has 1 aliphatic heterocycles. The average Bonchev–Trinajstić information content (AvgIpc) is 3.39. The molecule has 1 saturated heterocycles. The molecular formula is C26H34N4O2. The van der Waals surface area contributed by atoms with Crippen LogP contribution in [0, 0.1) is 5.92 Å². The maximum absolute atomic E-state index is 12.8. The lowest BCUT2D eigenvalue weighted by Crippen LogP contribution is -2.24. The molecule has 5 rings (SSSR count). The standard InChI is InChI=1S/C26H34N4O2/c31-26-18-24(32-20-21-7-3-1-2-4-8-21)11-14-29(26)23-9-10-25-22(17-23)19-27-30(25)16-15-28-12-5-6-13-28/h9-11,14,17-19,21H,1-8,12-13,15-16,20H2. The van der Waals surface area contributed by atoms with Gasteiger partial charge in [0.25, 0.3) is 5.56 Å². The number of rotatable bonds is 7. The first-order valence-corrected chi connectivity index (χ1v) is 12.3. The molecule has 2 aromatic heterocycles. The van der Waals surface area contributed by atoms with Crippen molar-refractivity contribution in [2.24, 2.45) is 5.92 Å². The zero-order chi connectivity index (χ0) is 21.8. The molecule has 0 atom stereocenters. The van der Waals surface area contributed by atoms with Crippen LogP contribution < -0.4 is 10.3 Å². The molecule has 0 bridgehead atoms. The van der Waals surface area contributed by atoms with Crippen LogP contribution in [0.15, 0.2) is 47.5 Å². The van der Waals surface area contributed by atoms with Crippen molar-refractivity contribution in [1.29, 1.82) is 0 Å². The Bertz CT molecular complexity index is 1090. The van der Waals surface area contributed by atoms with Gasteiger partial charge in [0.15, 0.2) is 0 Å². The molecule has 170 valence electrons. The van der Waals surface area contributed by atoms with Gasteiger partial charge in [-0.3, -0.25) is 14.0 Å². The van der Waals surface area contributed by atoms with Crippen LogP contribution in [0.4, 0.5) is 0 Å². The van der Waals surface area contributed by atoms with Crippen LogP contribution in [0.25, 0.3) is 16.6 Å². The van der Waals surface area contributed by atoms with Crippen LogP contribution >= 0.6 is 0 Å². The summed E-state index contributed by atoms with van der Waals surface area (Å²) in [6.07, 6.45) is 14.1. The van der Waals surface area contributed by atoms with Gasteiger partial charge in [-0.1, -0.05) is 25.7 Å². The lowest BCUT2D eigenvalue weighted by molar-refractivity contribution is 0.233. The van der Waals surface area contributed by atoms with Gasteiger partial charge in [0, 0.05) is 29.9 Å². The van der Waals surface area contributed by atoms with Crippen molar-refractivity contribution in [3.8, 4) is 11.4 Å². The van der Waals surface area contributed by atoms with Gasteiger partial charge < -0.3 is 9.64 Å². The lowest BCUT2D eigenvalue weighted by atomic mass is 10.0. The summed E-state index contributed by atoms with van der Waals surface area (Å²) in [5.41, 5.74) is 1.91. The van der Waals surface area contributed by atoms with Gasteiger partial charge in [0.1, 0.15) is 5.75 Å². The molecule has 0 spiro atoms. The van der Waals surface area contributed by atoms with E-state index < -0.39 is 0 Å². The number of fused-ring (bicyclic) bond motifs is 1. The maximum Gasteiger partial charge on any atom is 0.258 e. The Morgan fingerprint density at radius 3 is 2.53 bits per heavy atom. The molecule has 32 heavy (non-hydrogen) atoms. The monoisotopic (exact) mass is 434 g/mol. The molecule has 2 aliphatic rings. The zero-order valence-corrected chi connectivity index (χ0v) is 18.9. The summed E-state index contributed by atoms with van der Waals surface area (Å²) in [5, 5.41) is 5.65. The molecule has 0 N–H and O–H groups in total. The molecule has 6 nitrogen and oxygen atoms in total.